The van der Waals surface area contributed by atoms with Crippen molar-refractivity contribution in [2.24, 2.45) is 0 Å². The maximum Gasteiger partial charge on any atom is 0.0942 e. The van der Waals surface area contributed by atoms with E-state index >= 15 is 0 Å². The summed E-state index contributed by atoms with van der Waals surface area (Å²) in [5, 5.41) is 10.9. The summed E-state index contributed by atoms with van der Waals surface area (Å²) in [6, 6.07) is 16.7. The quantitative estimate of drug-likeness (QED) is 0.820. The van der Waals surface area contributed by atoms with Crippen molar-refractivity contribution in [1.82, 2.24) is 0 Å². The summed E-state index contributed by atoms with van der Waals surface area (Å²) in [6.07, 6.45) is 2.52. The van der Waals surface area contributed by atoms with Gasteiger partial charge in [0.1, 0.15) is 0 Å². The highest BCUT2D eigenvalue weighted by Gasteiger charge is 2.36. The predicted octanol–water partition coefficient (Wildman–Crippen LogP) is 3.67. The zero-order chi connectivity index (χ0) is 12.6. The first-order valence-electron chi connectivity index (χ1n) is 6.23. The van der Waals surface area contributed by atoms with Gasteiger partial charge in [-0.1, -0.05) is 36.4 Å². The smallest absolute Gasteiger partial charge is 0.0942 e. The van der Waals surface area contributed by atoms with Gasteiger partial charge in [0, 0.05) is 9.99 Å². The molecule has 0 saturated carbocycles. The Labute approximate surface area is 121 Å². The molecule has 1 atom stereocenters. The number of halogens is 1. The Morgan fingerprint density at radius 3 is 2.56 bits per heavy atom. The van der Waals surface area contributed by atoms with Crippen LogP contribution in [-0.2, 0) is 18.4 Å². The second-order valence-corrected chi connectivity index (χ2v) is 6.24. The number of aliphatic hydroxyl groups is 1. The van der Waals surface area contributed by atoms with E-state index in [9.17, 15) is 5.11 Å². The fourth-order valence-corrected chi connectivity index (χ4v) is 3.15. The van der Waals surface area contributed by atoms with Crippen molar-refractivity contribution in [2.75, 3.05) is 0 Å². The molecule has 0 fully saturated rings. The molecule has 0 saturated heterocycles. The molecule has 1 N–H and O–H groups in total. The molecule has 1 unspecified atom stereocenters. The van der Waals surface area contributed by atoms with Crippen LogP contribution in [-0.4, -0.2) is 5.11 Å². The van der Waals surface area contributed by atoms with E-state index in [2.05, 4.69) is 65.1 Å². The average Bonchev–Trinajstić information content (AvgIpc) is 2.71. The molecule has 2 heteroatoms. The summed E-state index contributed by atoms with van der Waals surface area (Å²) in [5.41, 5.74) is 2.94. The summed E-state index contributed by atoms with van der Waals surface area (Å²) >= 11 is 2.30. The Bertz CT molecular complexity index is 562. The topological polar surface area (TPSA) is 20.2 Å². The third kappa shape index (κ3) is 2.19. The fraction of sp³-hybridized carbons (Fsp3) is 0.250. The van der Waals surface area contributed by atoms with Crippen LogP contribution in [0.4, 0.5) is 0 Å². The maximum absolute atomic E-state index is 10.9. The zero-order valence-electron chi connectivity index (χ0n) is 10.1. The van der Waals surface area contributed by atoms with E-state index in [0.717, 1.165) is 18.4 Å². The molecule has 0 radical (unpaired) electrons. The van der Waals surface area contributed by atoms with Crippen molar-refractivity contribution >= 4 is 22.6 Å². The van der Waals surface area contributed by atoms with Gasteiger partial charge in [-0.3, -0.25) is 0 Å². The van der Waals surface area contributed by atoms with Gasteiger partial charge in [0.25, 0.3) is 0 Å². The van der Waals surface area contributed by atoms with E-state index in [1.165, 1.54) is 14.7 Å². The number of hydrogen-bond donors (Lipinski definition) is 1. The summed E-state index contributed by atoms with van der Waals surface area (Å²) in [4.78, 5) is 0. The Morgan fingerprint density at radius 2 is 1.78 bits per heavy atom. The SMILES string of the molecule is OC1(Cc2ccc(I)cc2)CCc2ccccc21. The van der Waals surface area contributed by atoms with E-state index in [1.807, 2.05) is 6.07 Å². The Kier molecular flexibility index (Phi) is 3.16. The maximum atomic E-state index is 10.9. The molecular formula is C16H15IO. The van der Waals surface area contributed by atoms with E-state index in [0.29, 0.717) is 6.42 Å². The van der Waals surface area contributed by atoms with Crippen LogP contribution in [0.1, 0.15) is 23.1 Å². The number of benzene rings is 2. The van der Waals surface area contributed by atoms with Crippen molar-refractivity contribution in [1.29, 1.82) is 0 Å². The lowest BCUT2D eigenvalue weighted by Gasteiger charge is -2.24. The predicted molar refractivity (Wildman–Crippen MR) is 81.5 cm³/mol. The normalized spacial score (nSPS) is 21.9. The molecule has 18 heavy (non-hydrogen) atoms. The van der Waals surface area contributed by atoms with Crippen molar-refractivity contribution in [3.05, 3.63) is 68.8 Å². The minimum atomic E-state index is -0.677. The lowest BCUT2D eigenvalue weighted by atomic mass is 9.89. The molecular weight excluding hydrogens is 335 g/mol. The molecule has 3 rings (SSSR count). The molecule has 1 aliphatic carbocycles. The molecule has 0 aliphatic heterocycles. The third-order valence-electron chi connectivity index (χ3n) is 3.74. The van der Waals surface area contributed by atoms with E-state index < -0.39 is 5.60 Å². The first-order valence-corrected chi connectivity index (χ1v) is 7.30. The van der Waals surface area contributed by atoms with Crippen LogP contribution < -0.4 is 0 Å². The zero-order valence-corrected chi connectivity index (χ0v) is 12.2. The molecule has 2 aromatic rings. The molecule has 0 heterocycles. The molecule has 0 spiro atoms. The van der Waals surface area contributed by atoms with Crippen LogP contribution in [0, 0.1) is 3.57 Å². The molecule has 0 amide bonds. The summed E-state index contributed by atoms with van der Waals surface area (Å²) in [6.45, 7) is 0. The molecule has 0 bridgehead atoms. The molecule has 0 aromatic heterocycles. The fourth-order valence-electron chi connectivity index (χ4n) is 2.79. The number of fused-ring (bicyclic) bond motifs is 1. The second-order valence-electron chi connectivity index (χ2n) is 4.99. The van der Waals surface area contributed by atoms with Crippen LogP contribution in [0.2, 0.25) is 0 Å². The highest BCUT2D eigenvalue weighted by molar-refractivity contribution is 14.1. The number of hydrogen-bond acceptors (Lipinski definition) is 1. The third-order valence-corrected chi connectivity index (χ3v) is 4.46. The highest BCUT2D eigenvalue weighted by atomic mass is 127. The van der Waals surface area contributed by atoms with Crippen LogP contribution in [0.5, 0.6) is 0 Å². The van der Waals surface area contributed by atoms with Gasteiger partial charge in [-0.2, -0.15) is 0 Å². The van der Waals surface area contributed by atoms with E-state index in [1.54, 1.807) is 0 Å². The summed E-state index contributed by atoms with van der Waals surface area (Å²) < 4.78 is 1.23. The molecule has 2 aromatic carbocycles. The number of aryl methyl sites for hydroxylation is 1. The van der Waals surface area contributed by atoms with Crippen LogP contribution in [0.25, 0.3) is 0 Å². The van der Waals surface area contributed by atoms with Gasteiger partial charge in [0.15, 0.2) is 0 Å². The highest BCUT2D eigenvalue weighted by Crippen LogP contribution is 2.39. The van der Waals surface area contributed by atoms with Gasteiger partial charge in [0.05, 0.1) is 5.60 Å². The first-order chi connectivity index (χ1) is 8.67. The van der Waals surface area contributed by atoms with Gasteiger partial charge < -0.3 is 5.11 Å². The van der Waals surface area contributed by atoms with Crippen LogP contribution in [0.15, 0.2) is 48.5 Å². The Balaban J connectivity index is 1.91. The molecule has 92 valence electrons. The van der Waals surface area contributed by atoms with Gasteiger partial charge in [-0.05, 0) is 64.3 Å². The van der Waals surface area contributed by atoms with Crippen molar-refractivity contribution < 1.29 is 5.11 Å². The Hall–Kier alpha value is -0.870. The van der Waals surface area contributed by atoms with Crippen molar-refractivity contribution in [3.63, 3.8) is 0 Å². The van der Waals surface area contributed by atoms with Crippen LogP contribution in [0.3, 0.4) is 0 Å². The van der Waals surface area contributed by atoms with E-state index in [4.69, 9.17) is 0 Å². The lowest BCUT2D eigenvalue weighted by molar-refractivity contribution is 0.0390. The lowest BCUT2D eigenvalue weighted by Crippen LogP contribution is -2.25. The minimum absolute atomic E-state index is 0.677. The minimum Gasteiger partial charge on any atom is -0.385 e. The van der Waals surface area contributed by atoms with Gasteiger partial charge >= 0.3 is 0 Å². The monoisotopic (exact) mass is 350 g/mol. The summed E-state index contributed by atoms with van der Waals surface area (Å²) in [7, 11) is 0. The van der Waals surface area contributed by atoms with Crippen LogP contribution >= 0.6 is 22.6 Å². The largest absolute Gasteiger partial charge is 0.385 e. The number of rotatable bonds is 2. The van der Waals surface area contributed by atoms with Gasteiger partial charge in [0.2, 0.25) is 0 Å². The van der Waals surface area contributed by atoms with Crippen molar-refractivity contribution in [3.8, 4) is 0 Å². The van der Waals surface area contributed by atoms with Crippen molar-refractivity contribution in [2.45, 2.75) is 24.9 Å². The second kappa shape index (κ2) is 4.67. The molecule has 1 aliphatic rings. The van der Waals surface area contributed by atoms with E-state index in [-0.39, 0.29) is 0 Å². The Morgan fingerprint density at radius 1 is 1.06 bits per heavy atom. The standard InChI is InChI=1S/C16H15IO/c17-14-7-5-12(6-8-14)11-16(18)10-9-13-3-1-2-4-15(13)16/h1-8,18H,9-11H2. The average molecular weight is 350 g/mol. The van der Waals surface area contributed by atoms with Gasteiger partial charge in [-0.15, -0.1) is 0 Å². The molecule has 1 nitrogen and oxygen atoms in total. The summed E-state index contributed by atoms with van der Waals surface area (Å²) in [5.74, 6) is 0. The first kappa shape index (κ1) is 12.2. The van der Waals surface area contributed by atoms with Gasteiger partial charge in [-0.25, -0.2) is 0 Å².